The zero-order chi connectivity index (χ0) is 27.5. The van der Waals surface area contributed by atoms with E-state index in [0.29, 0.717) is 6.54 Å². The average molecular weight is 517 g/mol. The molecule has 0 radical (unpaired) electrons. The van der Waals surface area contributed by atoms with Crippen molar-refractivity contribution in [1.29, 1.82) is 0 Å². The second-order valence-corrected chi connectivity index (χ2v) is 9.20. The van der Waals surface area contributed by atoms with E-state index >= 15 is 0 Å². The number of hydrogen-bond acceptors (Lipinski definition) is 5. The smallest absolute Gasteiger partial charge is 0.329 e. The summed E-state index contributed by atoms with van der Waals surface area (Å²) in [6, 6.07) is 18.7. The zero-order valence-corrected chi connectivity index (χ0v) is 22.4. The highest BCUT2D eigenvalue weighted by molar-refractivity contribution is 6.03. The minimum Gasteiger partial charge on any atom is -0.459 e. The molecule has 200 valence electrons. The normalized spacial score (nSPS) is 11.5. The van der Waals surface area contributed by atoms with Gasteiger partial charge in [0.2, 0.25) is 11.8 Å². The molecule has 0 saturated heterocycles. The number of esters is 1. The number of hydrogen-bond donors (Lipinski definition) is 2. The lowest BCUT2D eigenvalue weighted by atomic mass is 10.1. The molecule has 0 aliphatic carbocycles. The molecular formula is C30H36N4O4. The molecule has 0 bridgehead atoms. The van der Waals surface area contributed by atoms with Crippen LogP contribution in [0.5, 0.6) is 0 Å². The Bertz CT molecular complexity index is 1350. The van der Waals surface area contributed by atoms with Crippen LogP contribution in [0.4, 0.5) is 0 Å². The summed E-state index contributed by atoms with van der Waals surface area (Å²) in [6.45, 7) is 7.60. The van der Waals surface area contributed by atoms with Crippen molar-refractivity contribution in [1.82, 2.24) is 20.2 Å². The average Bonchev–Trinajstić information content (AvgIpc) is 3.40. The van der Waals surface area contributed by atoms with Crippen LogP contribution in [0, 0.1) is 0 Å². The highest BCUT2D eigenvalue weighted by Gasteiger charge is 2.31. The Balaban J connectivity index is 0.000000252. The molecule has 0 aliphatic rings. The van der Waals surface area contributed by atoms with Crippen molar-refractivity contribution in [3.8, 4) is 0 Å². The predicted octanol–water partition coefficient (Wildman–Crippen LogP) is 4.99. The fourth-order valence-electron chi connectivity index (χ4n) is 4.36. The first-order chi connectivity index (χ1) is 18.3. The van der Waals surface area contributed by atoms with Crippen molar-refractivity contribution < 1.29 is 19.1 Å². The molecule has 0 aliphatic heterocycles. The third-order valence-electron chi connectivity index (χ3n) is 6.07. The van der Waals surface area contributed by atoms with Gasteiger partial charge in [-0.25, -0.2) is 4.79 Å². The van der Waals surface area contributed by atoms with E-state index in [1.165, 1.54) is 22.6 Å². The van der Waals surface area contributed by atoms with E-state index in [-0.39, 0.29) is 37.3 Å². The first-order valence-electron chi connectivity index (χ1n) is 12.9. The van der Waals surface area contributed by atoms with E-state index in [4.69, 9.17) is 4.74 Å². The van der Waals surface area contributed by atoms with Crippen LogP contribution in [-0.2, 0) is 25.7 Å². The van der Waals surface area contributed by atoms with Crippen molar-refractivity contribution in [2.75, 3.05) is 6.54 Å². The number of aromatic amines is 1. The van der Waals surface area contributed by atoms with Gasteiger partial charge >= 0.3 is 5.97 Å². The quantitative estimate of drug-likeness (QED) is 0.305. The molecule has 4 aromatic rings. The first kappa shape index (κ1) is 28.4. The lowest BCUT2D eigenvalue weighted by Crippen LogP contribution is -2.49. The number of nitrogens with one attached hydrogen (secondary N) is 2. The summed E-state index contributed by atoms with van der Waals surface area (Å²) >= 11 is 0. The van der Waals surface area contributed by atoms with E-state index in [0.717, 1.165) is 16.6 Å². The van der Waals surface area contributed by atoms with Gasteiger partial charge in [0.25, 0.3) is 0 Å². The summed E-state index contributed by atoms with van der Waals surface area (Å²) < 4.78 is 5.40. The van der Waals surface area contributed by atoms with Crippen LogP contribution in [0.2, 0.25) is 0 Å². The van der Waals surface area contributed by atoms with Crippen LogP contribution in [0.3, 0.4) is 0 Å². The Morgan fingerprint density at radius 3 is 2.47 bits per heavy atom. The molecule has 8 nitrogen and oxygen atoms in total. The molecule has 2 aromatic carbocycles. The maximum absolute atomic E-state index is 12.6. The number of ether oxygens (including phenoxy) is 1. The lowest BCUT2D eigenvalue weighted by molar-refractivity contribution is -0.157. The molecule has 0 spiro atoms. The predicted molar refractivity (Wildman–Crippen MR) is 149 cm³/mol. The summed E-state index contributed by atoms with van der Waals surface area (Å²) in [6.07, 6.45) is 4.17. The van der Waals surface area contributed by atoms with Gasteiger partial charge in [-0.3, -0.25) is 14.6 Å². The number of nitrogens with zero attached hydrogens (tertiary/aromatic N) is 2. The molecular weight excluding hydrogens is 480 g/mol. The topological polar surface area (TPSA) is 104 Å². The highest BCUT2D eigenvalue weighted by Crippen LogP contribution is 2.22. The molecule has 1 atom stereocenters. The molecule has 0 saturated carbocycles. The second kappa shape index (κ2) is 13.9. The minimum absolute atomic E-state index is 0.140. The van der Waals surface area contributed by atoms with Gasteiger partial charge in [0.15, 0.2) is 0 Å². The molecule has 0 fully saturated rings. The zero-order valence-electron chi connectivity index (χ0n) is 22.4. The number of carbonyl (C=O) groups is 3. The molecule has 2 amide bonds. The number of pyridine rings is 1. The molecule has 2 heterocycles. The van der Waals surface area contributed by atoms with Gasteiger partial charge in [0.1, 0.15) is 12.6 Å². The Hall–Kier alpha value is -4.20. The Morgan fingerprint density at radius 2 is 1.79 bits per heavy atom. The maximum Gasteiger partial charge on any atom is 0.329 e. The third-order valence-corrected chi connectivity index (χ3v) is 6.07. The van der Waals surface area contributed by atoms with Gasteiger partial charge in [-0.15, -0.1) is 0 Å². The minimum atomic E-state index is -0.774. The monoisotopic (exact) mass is 516 g/mol. The van der Waals surface area contributed by atoms with Crippen LogP contribution < -0.4 is 5.32 Å². The fourth-order valence-corrected chi connectivity index (χ4v) is 4.36. The first-order valence-corrected chi connectivity index (χ1v) is 12.9. The van der Waals surface area contributed by atoms with Crippen LogP contribution in [0.1, 0.15) is 46.1 Å². The lowest BCUT2D eigenvalue weighted by Gasteiger charge is -2.32. The number of benzene rings is 2. The second-order valence-electron chi connectivity index (χ2n) is 9.20. The van der Waals surface area contributed by atoms with E-state index in [9.17, 15) is 14.4 Å². The summed E-state index contributed by atoms with van der Waals surface area (Å²) in [5.41, 5.74) is 3.08. The molecule has 38 heavy (non-hydrogen) atoms. The van der Waals surface area contributed by atoms with Gasteiger partial charge < -0.3 is 19.9 Å². The summed E-state index contributed by atoms with van der Waals surface area (Å²) in [5.74, 6) is -0.847. The third kappa shape index (κ3) is 7.65. The maximum atomic E-state index is 12.6. The number of aromatic nitrogens is 2. The highest BCUT2D eigenvalue weighted by atomic mass is 16.5. The Labute approximate surface area is 223 Å². The summed E-state index contributed by atoms with van der Waals surface area (Å²) in [7, 11) is 0. The Kier molecular flexibility index (Phi) is 10.4. The van der Waals surface area contributed by atoms with Crippen LogP contribution in [0.25, 0.3) is 21.8 Å². The number of H-pyrrole nitrogens is 1. The molecule has 2 N–H and O–H groups in total. The number of carbonyl (C=O) groups excluding carboxylic acids is 3. The van der Waals surface area contributed by atoms with E-state index < -0.39 is 12.0 Å². The van der Waals surface area contributed by atoms with Gasteiger partial charge in [0.05, 0.1) is 5.52 Å². The molecule has 2 aromatic heterocycles. The van der Waals surface area contributed by atoms with Crippen molar-refractivity contribution in [2.45, 2.75) is 59.2 Å². The molecule has 8 heteroatoms. The van der Waals surface area contributed by atoms with Gasteiger partial charge in [0, 0.05) is 54.6 Å². The molecule has 1 unspecified atom stereocenters. The van der Waals surface area contributed by atoms with Gasteiger partial charge in [-0.1, -0.05) is 36.4 Å². The Morgan fingerprint density at radius 1 is 1.03 bits per heavy atom. The fraction of sp³-hybridized carbons (Fsp3) is 0.333. The van der Waals surface area contributed by atoms with Crippen LogP contribution >= 0.6 is 0 Å². The van der Waals surface area contributed by atoms with E-state index in [2.05, 4.69) is 33.5 Å². The number of amides is 2. The summed E-state index contributed by atoms with van der Waals surface area (Å²) in [5, 5.41) is 5.09. The van der Waals surface area contributed by atoms with Gasteiger partial charge in [-0.05, 0) is 57.0 Å². The standard InChI is InChI=1S/C19H28N2O4.C11H8N2/c1-5-20-18(23)12-11-17(21(14(2)3)15(4)22)19(24)25-13-16-9-7-6-8-10-16;1-2-9-10(12-6-1)4-3-8-5-7-13-11(8)9/h6-10,14,17H,5,11-13H2,1-4H3,(H,20,23);1-7,12H. The van der Waals surface area contributed by atoms with Crippen molar-refractivity contribution in [2.24, 2.45) is 0 Å². The van der Waals surface area contributed by atoms with E-state index in [1.54, 1.807) is 0 Å². The number of rotatable bonds is 9. The summed E-state index contributed by atoms with van der Waals surface area (Å²) in [4.78, 5) is 45.3. The number of fused-ring (bicyclic) bond motifs is 3. The van der Waals surface area contributed by atoms with Crippen molar-refractivity contribution in [3.63, 3.8) is 0 Å². The SMILES string of the molecule is CCNC(=O)CCC(C(=O)OCc1ccccc1)N(C(C)=O)C(C)C.c1c[nH]c2ccc3ccnc3c2c1. The van der Waals surface area contributed by atoms with E-state index in [1.807, 2.05) is 75.6 Å². The largest absolute Gasteiger partial charge is 0.459 e. The molecule has 4 rings (SSSR count). The van der Waals surface area contributed by atoms with Crippen molar-refractivity contribution >= 4 is 39.6 Å². The van der Waals surface area contributed by atoms with Crippen LogP contribution in [-0.4, -0.2) is 51.3 Å². The van der Waals surface area contributed by atoms with Gasteiger partial charge in [-0.2, -0.15) is 0 Å². The van der Waals surface area contributed by atoms with Crippen molar-refractivity contribution in [3.05, 3.63) is 78.6 Å². The van der Waals surface area contributed by atoms with Crippen LogP contribution in [0.15, 0.2) is 73.1 Å².